The zero-order valence-electron chi connectivity index (χ0n) is 15.4. The minimum Gasteiger partial charge on any atom is -0.496 e. The maximum Gasteiger partial charge on any atom is 0.332 e. The summed E-state index contributed by atoms with van der Waals surface area (Å²) in [7, 11) is 1.59. The summed E-state index contributed by atoms with van der Waals surface area (Å²) in [6.07, 6.45) is 4.43. The second-order valence-corrected chi connectivity index (χ2v) is 6.64. The number of carbonyl (C=O) groups is 1. The van der Waals surface area contributed by atoms with Gasteiger partial charge in [0.05, 0.1) is 31.2 Å². The first-order valence-corrected chi connectivity index (χ1v) is 9.38. The standard InChI is InChI=1S/C21H19BrN2O4/c1-3-27-21(25)11-18(14-5-4-6-15(22)9-14)24-16-7-8-17(19(10-16)26-2)20-12-23-13-28-20/h4-13,24H,3H2,1-2H3. The quantitative estimate of drug-likeness (QED) is 0.403. The average Bonchev–Trinajstić information content (AvgIpc) is 3.22. The number of rotatable bonds is 7. The third kappa shape index (κ3) is 4.80. The first kappa shape index (κ1) is 19.7. The lowest BCUT2D eigenvalue weighted by atomic mass is 10.1. The molecule has 0 aliphatic heterocycles. The molecule has 0 radical (unpaired) electrons. The van der Waals surface area contributed by atoms with E-state index in [0.29, 0.717) is 23.8 Å². The summed E-state index contributed by atoms with van der Waals surface area (Å²) in [5, 5.41) is 3.27. The Morgan fingerprint density at radius 3 is 2.82 bits per heavy atom. The van der Waals surface area contributed by atoms with E-state index in [2.05, 4.69) is 26.2 Å². The molecular weight excluding hydrogens is 424 g/mol. The van der Waals surface area contributed by atoms with Crippen molar-refractivity contribution in [3.63, 3.8) is 0 Å². The number of esters is 1. The number of nitrogens with zero attached hydrogens (tertiary/aromatic N) is 1. The minimum absolute atomic E-state index is 0.306. The summed E-state index contributed by atoms with van der Waals surface area (Å²) >= 11 is 3.46. The van der Waals surface area contributed by atoms with Crippen LogP contribution in [-0.4, -0.2) is 24.7 Å². The van der Waals surface area contributed by atoms with Crippen molar-refractivity contribution in [3.05, 3.63) is 71.2 Å². The summed E-state index contributed by atoms with van der Waals surface area (Å²) in [5.41, 5.74) is 2.97. The third-order valence-corrected chi connectivity index (χ3v) is 4.36. The fourth-order valence-electron chi connectivity index (χ4n) is 2.63. The Bertz CT molecular complexity index is 984. The van der Waals surface area contributed by atoms with E-state index in [-0.39, 0.29) is 0 Å². The molecule has 7 heteroatoms. The molecule has 0 aliphatic carbocycles. The predicted molar refractivity (Wildman–Crippen MR) is 111 cm³/mol. The van der Waals surface area contributed by atoms with E-state index in [1.165, 1.54) is 12.5 Å². The van der Waals surface area contributed by atoms with Crippen molar-refractivity contribution in [3.8, 4) is 17.1 Å². The number of ether oxygens (including phenoxy) is 2. The van der Waals surface area contributed by atoms with Gasteiger partial charge in [-0.1, -0.05) is 28.1 Å². The molecule has 0 fully saturated rings. The molecule has 0 unspecified atom stereocenters. The number of hydrogen-bond donors (Lipinski definition) is 1. The first-order valence-electron chi connectivity index (χ1n) is 8.59. The molecule has 0 aliphatic rings. The maximum absolute atomic E-state index is 12.0. The van der Waals surface area contributed by atoms with Gasteiger partial charge in [-0.25, -0.2) is 9.78 Å². The number of carbonyl (C=O) groups excluding carboxylic acids is 1. The van der Waals surface area contributed by atoms with Crippen LogP contribution in [0, 0.1) is 0 Å². The van der Waals surface area contributed by atoms with Gasteiger partial charge in [-0.2, -0.15) is 0 Å². The molecule has 6 nitrogen and oxygen atoms in total. The zero-order chi connectivity index (χ0) is 19.9. The van der Waals surface area contributed by atoms with E-state index < -0.39 is 5.97 Å². The summed E-state index contributed by atoms with van der Waals surface area (Å²) < 4.78 is 16.8. The Morgan fingerprint density at radius 2 is 2.14 bits per heavy atom. The number of benzene rings is 2. The smallest absolute Gasteiger partial charge is 0.332 e. The molecule has 3 aromatic rings. The number of hydrogen-bond acceptors (Lipinski definition) is 6. The summed E-state index contributed by atoms with van der Waals surface area (Å²) in [4.78, 5) is 16.0. The number of oxazole rings is 1. The first-order chi connectivity index (χ1) is 13.6. The van der Waals surface area contributed by atoms with Crippen LogP contribution in [0.25, 0.3) is 17.0 Å². The van der Waals surface area contributed by atoms with Crippen LogP contribution < -0.4 is 10.1 Å². The lowest BCUT2D eigenvalue weighted by Crippen LogP contribution is -2.06. The van der Waals surface area contributed by atoms with Crippen molar-refractivity contribution in [2.45, 2.75) is 6.92 Å². The van der Waals surface area contributed by atoms with Gasteiger partial charge in [-0.15, -0.1) is 0 Å². The highest BCUT2D eigenvalue weighted by Gasteiger charge is 2.12. The van der Waals surface area contributed by atoms with Crippen molar-refractivity contribution in [2.75, 3.05) is 19.0 Å². The van der Waals surface area contributed by atoms with Gasteiger partial charge in [0, 0.05) is 22.3 Å². The monoisotopic (exact) mass is 442 g/mol. The Labute approximate surface area is 171 Å². The molecule has 1 aromatic heterocycles. The van der Waals surface area contributed by atoms with Crippen LogP contribution in [0.2, 0.25) is 0 Å². The largest absolute Gasteiger partial charge is 0.496 e. The van der Waals surface area contributed by atoms with Crippen LogP contribution in [-0.2, 0) is 9.53 Å². The van der Waals surface area contributed by atoms with Gasteiger partial charge in [0.2, 0.25) is 0 Å². The normalized spacial score (nSPS) is 11.2. The van der Waals surface area contributed by atoms with E-state index in [1.807, 2.05) is 42.5 Å². The molecular formula is C21H19BrN2O4. The van der Waals surface area contributed by atoms with Crippen LogP contribution in [0.5, 0.6) is 5.75 Å². The van der Waals surface area contributed by atoms with Gasteiger partial charge in [0.15, 0.2) is 12.2 Å². The number of halogens is 1. The maximum atomic E-state index is 12.0. The van der Waals surface area contributed by atoms with Crippen molar-refractivity contribution in [2.24, 2.45) is 0 Å². The van der Waals surface area contributed by atoms with E-state index in [1.54, 1.807) is 20.2 Å². The predicted octanol–water partition coefficient (Wildman–Crippen LogP) is 5.13. The SMILES string of the molecule is CCOC(=O)C=C(Nc1ccc(-c2cnco2)c(OC)c1)c1cccc(Br)c1. The van der Waals surface area contributed by atoms with Crippen LogP contribution in [0.1, 0.15) is 12.5 Å². The summed E-state index contributed by atoms with van der Waals surface area (Å²) in [6.45, 7) is 2.08. The van der Waals surface area contributed by atoms with Gasteiger partial charge in [-0.3, -0.25) is 0 Å². The molecule has 0 bridgehead atoms. The van der Waals surface area contributed by atoms with Gasteiger partial charge < -0.3 is 19.2 Å². The number of aromatic nitrogens is 1. The summed E-state index contributed by atoms with van der Waals surface area (Å²) in [6, 6.07) is 13.2. The second-order valence-electron chi connectivity index (χ2n) is 5.73. The van der Waals surface area contributed by atoms with E-state index in [9.17, 15) is 4.79 Å². The lowest BCUT2D eigenvalue weighted by Gasteiger charge is -2.14. The van der Waals surface area contributed by atoms with Gasteiger partial charge in [-0.05, 0) is 36.8 Å². The van der Waals surface area contributed by atoms with Crippen molar-refractivity contribution in [1.29, 1.82) is 0 Å². The molecule has 1 heterocycles. The highest BCUT2D eigenvalue weighted by atomic mass is 79.9. The molecule has 0 amide bonds. The number of nitrogens with one attached hydrogen (secondary N) is 1. The van der Waals surface area contributed by atoms with Gasteiger partial charge in [0.25, 0.3) is 0 Å². The molecule has 2 aromatic carbocycles. The lowest BCUT2D eigenvalue weighted by molar-refractivity contribution is -0.137. The fraction of sp³-hybridized carbons (Fsp3) is 0.143. The Kier molecular flexibility index (Phi) is 6.49. The molecule has 1 N–H and O–H groups in total. The number of anilines is 1. The Balaban J connectivity index is 1.95. The van der Waals surface area contributed by atoms with Crippen LogP contribution in [0.3, 0.4) is 0 Å². The highest BCUT2D eigenvalue weighted by molar-refractivity contribution is 9.10. The minimum atomic E-state index is -0.421. The van der Waals surface area contributed by atoms with Crippen LogP contribution in [0.4, 0.5) is 5.69 Å². The van der Waals surface area contributed by atoms with Gasteiger partial charge in [0.1, 0.15) is 5.75 Å². The second kappa shape index (κ2) is 9.23. The molecule has 0 spiro atoms. The molecule has 3 rings (SSSR count). The Morgan fingerprint density at radius 1 is 1.29 bits per heavy atom. The molecule has 0 atom stereocenters. The Hall–Kier alpha value is -3.06. The topological polar surface area (TPSA) is 73.6 Å². The van der Waals surface area contributed by atoms with E-state index >= 15 is 0 Å². The highest BCUT2D eigenvalue weighted by Crippen LogP contribution is 2.33. The molecule has 0 saturated heterocycles. The third-order valence-electron chi connectivity index (χ3n) is 3.86. The molecule has 28 heavy (non-hydrogen) atoms. The van der Waals surface area contributed by atoms with Crippen molar-refractivity contribution in [1.82, 2.24) is 4.98 Å². The van der Waals surface area contributed by atoms with Crippen LogP contribution in [0.15, 0.2) is 70.0 Å². The zero-order valence-corrected chi connectivity index (χ0v) is 17.0. The molecule has 0 saturated carbocycles. The van der Waals surface area contributed by atoms with Crippen molar-refractivity contribution < 1.29 is 18.7 Å². The fourth-order valence-corrected chi connectivity index (χ4v) is 3.03. The van der Waals surface area contributed by atoms with Crippen LogP contribution >= 0.6 is 15.9 Å². The van der Waals surface area contributed by atoms with Crippen molar-refractivity contribution >= 4 is 33.3 Å². The average molecular weight is 443 g/mol. The number of methoxy groups -OCH3 is 1. The van der Waals surface area contributed by atoms with Gasteiger partial charge >= 0.3 is 5.97 Å². The van der Waals surface area contributed by atoms with E-state index in [4.69, 9.17) is 13.9 Å². The van der Waals surface area contributed by atoms with E-state index in [0.717, 1.165) is 21.3 Å². The summed E-state index contributed by atoms with van der Waals surface area (Å²) in [5.74, 6) is 0.805. The molecule has 144 valence electrons.